The van der Waals surface area contributed by atoms with E-state index in [4.69, 9.17) is 14.2 Å². The normalized spacial score (nSPS) is 15.5. The highest BCUT2D eigenvalue weighted by Gasteiger charge is 2.27. The number of hydrogen-bond acceptors (Lipinski definition) is 3. The van der Waals surface area contributed by atoms with Crippen molar-refractivity contribution in [3.8, 4) is 0 Å². The number of hydrogen-bond donors (Lipinski definition) is 0. The lowest BCUT2D eigenvalue weighted by Crippen LogP contribution is -2.39. The predicted octanol–water partition coefficient (Wildman–Crippen LogP) is 2.32. The molecule has 0 fully saturated rings. The quantitative estimate of drug-likeness (QED) is 0.453. The fraction of sp³-hybridized carbons (Fsp3) is 0.800. The highest BCUT2D eigenvalue weighted by atomic mass is 16.7. The molecule has 0 spiro atoms. The topological polar surface area (TPSA) is 27.7 Å². The fourth-order valence-electron chi connectivity index (χ4n) is 1.12. The van der Waals surface area contributed by atoms with Crippen LogP contribution in [0.3, 0.4) is 0 Å². The molecule has 0 heterocycles. The van der Waals surface area contributed by atoms with E-state index < -0.39 is 5.79 Å². The van der Waals surface area contributed by atoms with Crippen LogP contribution in [0.1, 0.15) is 27.7 Å². The van der Waals surface area contributed by atoms with E-state index in [1.807, 2.05) is 27.7 Å². The summed E-state index contributed by atoms with van der Waals surface area (Å²) in [5, 5.41) is 0. The maximum Gasteiger partial charge on any atom is 0.200 e. The van der Waals surface area contributed by atoms with E-state index in [9.17, 15) is 0 Å². The lowest BCUT2D eigenvalue weighted by Gasteiger charge is -2.30. The Morgan fingerprint density at radius 3 is 2.46 bits per heavy atom. The highest BCUT2D eigenvalue weighted by Crippen LogP contribution is 2.15. The van der Waals surface area contributed by atoms with E-state index in [-0.39, 0.29) is 6.10 Å². The summed E-state index contributed by atoms with van der Waals surface area (Å²) in [5.74, 6) is -0.670. The molecule has 1 atom stereocenters. The van der Waals surface area contributed by atoms with Gasteiger partial charge in [-0.15, -0.1) is 0 Å². The second-order valence-electron chi connectivity index (χ2n) is 3.21. The van der Waals surface area contributed by atoms with Crippen molar-refractivity contribution in [2.75, 3.05) is 13.2 Å². The second kappa shape index (κ2) is 6.00. The average molecular weight is 188 g/mol. The molecule has 0 aromatic heterocycles. The summed E-state index contributed by atoms with van der Waals surface area (Å²) in [6.07, 6.45) is 1.51. The van der Waals surface area contributed by atoms with E-state index in [1.165, 1.54) is 6.26 Å². The Balaban J connectivity index is 4.06. The average Bonchev–Trinajstić information content (AvgIpc) is 2.00. The Kier molecular flexibility index (Phi) is 5.75. The van der Waals surface area contributed by atoms with E-state index in [0.29, 0.717) is 13.2 Å². The van der Waals surface area contributed by atoms with Crippen LogP contribution in [0.4, 0.5) is 0 Å². The van der Waals surface area contributed by atoms with Crippen LogP contribution in [-0.4, -0.2) is 25.1 Å². The molecule has 0 radical (unpaired) electrons. The summed E-state index contributed by atoms with van der Waals surface area (Å²) in [7, 11) is 0. The molecule has 0 saturated carbocycles. The molecule has 0 saturated heterocycles. The first-order valence-corrected chi connectivity index (χ1v) is 4.58. The van der Waals surface area contributed by atoms with Crippen LogP contribution in [0, 0.1) is 0 Å². The third-order valence-corrected chi connectivity index (χ3v) is 1.40. The maximum absolute atomic E-state index is 5.59. The predicted molar refractivity (Wildman–Crippen MR) is 52.4 cm³/mol. The molecule has 3 nitrogen and oxygen atoms in total. The van der Waals surface area contributed by atoms with Gasteiger partial charge >= 0.3 is 0 Å². The zero-order chi connectivity index (χ0) is 10.3. The molecule has 1 unspecified atom stereocenters. The molecule has 0 aromatic rings. The molecule has 0 aliphatic carbocycles. The molecule has 0 aliphatic rings. The van der Waals surface area contributed by atoms with Crippen molar-refractivity contribution in [2.45, 2.75) is 39.6 Å². The van der Waals surface area contributed by atoms with Gasteiger partial charge in [-0.3, -0.25) is 0 Å². The zero-order valence-corrected chi connectivity index (χ0v) is 9.00. The van der Waals surface area contributed by atoms with Gasteiger partial charge in [0.1, 0.15) is 6.61 Å². The van der Waals surface area contributed by atoms with Crippen molar-refractivity contribution in [1.29, 1.82) is 0 Å². The number of ether oxygens (including phenoxy) is 3. The lowest BCUT2D eigenvalue weighted by molar-refractivity contribution is -0.257. The molecule has 0 amide bonds. The van der Waals surface area contributed by atoms with Crippen LogP contribution >= 0.6 is 0 Å². The minimum Gasteiger partial charge on any atom is -0.496 e. The molecule has 0 aromatic carbocycles. The van der Waals surface area contributed by atoms with Gasteiger partial charge in [0, 0.05) is 6.61 Å². The molecule has 78 valence electrons. The fourth-order valence-corrected chi connectivity index (χ4v) is 1.12. The van der Waals surface area contributed by atoms with E-state index in [2.05, 4.69) is 6.58 Å². The summed E-state index contributed by atoms with van der Waals surface area (Å²) < 4.78 is 16.1. The Labute approximate surface area is 80.7 Å². The Morgan fingerprint density at radius 2 is 2.08 bits per heavy atom. The molecule has 3 heteroatoms. The Morgan fingerprint density at radius 1 is 1.46 bits per heavy atom. The van der Waals surface area contributed by atoms with Crippen LogP contribution in [0.2, 0.25) is 0 Å². The Hall–Kier alpha value is -0.540. The summed E-state index contributed by atoms with van der Waals surface area (Å²) in [5.41, 5.74) is 0. The third kappa shape index (κ3) is 5.66. The Bertz CT molecular complexity index is 145. The zero-order valence-electron chi connectivity index (χ0n) is 9.00. The SMILES string of the molecule is C=COCC(C)(OCC)OC(C)C. The molecule has 0 aliphatic heterocycles. The van der Waals surface area contributed by atoms with Gasteiger partial charge < -0.3 is 14.2 Å². The van der Waals surface area contributed by atoms with Crippen molar-refractivity contribution in [3.63, 3.8) is 0 Å². The van der Waals surface area contributed by atoms with Crippen molar-refractivity contribution in [2.24, 2.45) is 0 Å². The second-order valence-corrected chi connectivity index (χ2v) is 3.21. The van der Waals surface area contributed by atoms with Crippen LogP contribution in [0.25, 0.3) is 0 Å². The number of rotatable bonds is 7. The molecule has 0 bridgehead atoms. The first-order chi connectivity index (χ1) is 6.04. The summed E-state index contributed by atoms with van der Waals surface area (Å²) in [6.45, 7) is 12.1. The first-order valence-electron chi connectivity index (χ1n) is 4.58. The first kappa shape index (κ1) is 12.5. The van der Waals surface area contributed by atoms with Crippen molar-refractivity contribution < 1.29 is 14.2 Å². The van der Waals surface area contributed by atoms with Crippen LogP contribution in [-0.2, 0) is 14.2 Å². The van der Waals surface area contributed by atoms with Gasteiger partial charge in [0.25, 0.3) is 0 Å². The standard InChI is InChI=1S/C10H20O3/c1-6-11-8-10(5,12-7-2)13-9(3)4/h6,9H,1,7-8H2,2-5H3. The molecule has 13 heavy (non-hydrogen) atoms. The smallest absolute Gasteiger partial charge is 0.200 e. The molecular formula is C10H20O3. The van der Waals surface area contributed by atoms with Crippen LogP contribution < -0.4 is 0 Å². The van der Waals surface area contributed by atoms with Gasteiger partial charge in [-0.2, -0.15) is 0 Å². The minimum absolute atomic E-state index is 0.116. The van der Waals surface area contributed by atoms with Gasteiger partial charge in [-0.1, -0.05) is 6.58 Å². The van der Waals surface area contributed by atoms with Crippen molar-refractivity contribution in [3.05, 3.63) is 12.8 Å². The van der Waals surface area contributed by atoms with Crippen molar-refractivity contribution in [1.82, 2.24) is 0 Å². The lowest BCUT2D eigenvalue weighted by atomic mass is 10.3. The van der Waals surface area contributed by atoms with Gasteiger partial charge in [-0.25, -0.2) is 0 Å². The largest absolute Gasteiger partial charge is 0.496 e. The van der Waals surface area contributed by atoms with E-state index >= 15 is 0 Å². The van der Waals surface area contributed by atoms with E-state index in [1.54, 1.807) is 0 Å². The summed E-state index contributed by atoms with van der Waals surface area (Å²) in [6, 6.07) is 0. The highest BCUT2D eigenvalue weighted by molar-refractivity contribution is 4.65. The van der Waals surface area contributed by atoms with Gasteiger partial charge in [-0.05, 0) is 27.7 Å². The third-order valence-electron chi connectivity index (χ3n) is 1.40. The molecular weight excluding hydrogens is 168 g/mol. The van der Waals surface area contributed by atoms with E-state index in [0.717, 1.165) is 0 Å². The summed E-state index contributed by atoms with van der Waals surface area (Å²) >= 11 is 0. The van der Waals surface area contributed by atoms with Crippen LogP contribution in [0.15, 0.2) is 12.8 Å². The maximum atomic E-state index is 5.59. The van der Waals surface area contributed by atoms with Gasteiger partial charge in [0.2, 0.25) is 0 Å². The van der Waals surface area contributed by atoms with Gasteiger partial charge in [0.15, 0.2) is 5.79 Å². The van der Waals surface area contributed by atoms with Crippen molar-refractivity contribution >= 4 is 0 Å². The van der Waals surface area contributed by atoms with Gasteiger partial charge in [0.05, 0.1) is 12.4 Å². The molecule has 0 N–H and O–H groups in total. The minimum atomic E-state index is -0.670. The van der Waals surface area contributed by atoms with Crippen LogP contribution in [0.5, 0.6) is 0 Å². The summed E-state index contributed by atoms with van der Waals surface area (Å²) in [4.78, 5) is 0. The monoisotopic (exact) mass is 188 g/mol. The molecule has 0 rings (SSSR count).